The molecule has 1 aromatic heterocycles. The lowest BCUT2D eigenvalue weighted by molar-refractivity contribution is 0.468. The molecular formula is C13H17ClN4. The molecule has 0 aliphatic rings. The number of nitrogens with one attached hydrogen (secondary N) is 1. The number of para-hydroxylation sites is 1. The maximum Gasteiger partial charge on any atom is 0.146 e. The first-order chi connectivity index (χ1) is 8.66. The highest BCUT2D eigenvalue weighted by molar-refractivity contribution is 6.33. The fourth-order valence-electron chi connectivity index (χ4n) is 1.70. The average Bonchev–Trinajstić information content (AvgIpc) is 2.75. The van der Waals surface area contributed by atoms with Gasteiger partial charge in [-0.05, 0) is 18.1 Å². The van der Waals surface area contributed by atoms with Crippen LogP contribution in [0.3, 0.4) is 0 Å². The van der Waals surface area contributed by atoms with Crippen molar-refractivity contribution in [1.29, 1.82) is 0 Å². The van der Waals surface area contributed by atoms with E-state index in [0.717, 1.165) is 18.1 Å². The predicted molar refractivity (Wildman–Crippen MR) is 73.6 cm³/mol. The summed E-state index contributed by atoms with van der Waals surface area (Å²) in [4.78, 5) is 4.26. The molecule has 0 aliphatic carbocycles. The predicted octanol–water partition coefficient (Wildman–Crippen LogP) is 3.20. The van der Waals surface area contributed by atoms with Crippen LogP contribution < -0.4 is 5.32 Å². The summed E-state index contributed by atoms with van der Waals surface area (Å²) in [5.41, 5.74) is 0.915. The van der Waals surface area contributed by atoms with E-state index in [4.69, 9.17) is 11.6 Å². The van der Waals surface area contributed by atoms with Crippen LogP contribution in [0.25, 0.3) is 0 Å². The number of hydrogen-bond acceptors (Lipinski definition) is 3. The van der Waals surface area contributed by atoms with Gasteiger partial charge in [0.1, 0.15) is 12.2 Å². The van der Waals surface area contributed by atoms with Gasteiger partial charge in [-0.25, -0.2) is 9.67 Å². The molecule has 0 unspecified atom stereocenters. The first-order valence-electron chi connectivity index (χ1n) is 6.02. The molecule has 1 aromatic carbocycles. The van der Waals surface area contributed by atoms with Crippen LogP contribution >= 0.6 is 11.6 Å². The maximum absolute atomic E-state index is 6.08. The van der Waals surface area contributed by atoms with Gasteiger partial charge < -0.3 is 5.32 Å². The third-order valence-electron chi connectivity index (χ3n) is 2.54. The minimum Gasteiger partial charge on any atom is -0.377 e. The van der Waals surface area contributed by atoms with Gasteiger partial charge in [0, 0.05) is 6.54 Å². The number of benzene rings is 1. The molecule has 2 rings (SSSR count). The molecule has 5 heteroatoms. The summed E-state index contributed by atoms with van der Waals surface area (Å²) in [6.45, 7) is 5.82. The molecule has 0 bridgehead atoms. The van der Waals surface area contributed by atoms with Crippen molar-refractivity contribution in [2.75, 3.05) is 5.32 Å². The first-order valence-corrected chi connectivity index (χ1v) is 6.39. The van der Waals surface area contributed by atoms with Crippen molar-refractivity contribution in [3.05, 3.63) is 41.4 Å². The van der Waals surface area contributed by atoms with Crippen LogP contribution in [-0.4, -0.2) is 14.8 Å². The molecule has 0 radical (unpaired) electrons. The lowest BCUT2D eigenvalue weighted by Crippen LogP contribution is -2.13. The number of aromatic nitrogens is 3. The van der Waals surface area contributed by atoms with Crippen LogP contribution in [0, 0.1) is 5.92 Å². The Hall–Kier alpha value is -1.55. The van der Waals surface area contributed by atoms with E-state index < -0.39 is 0 Å². The Morgan fingerprint density at radius 3 is 2.83 bits per heavy atom. The minimum absolute atomic E-state index is 0.547. The quantitative estimate of drug-likeness (QED) is 0.902. The molecule has 0 fully saturated rings. The Morgan fingerprint density at radius 2 is 2.11 bits per heavy atom. The Morgan fingerprint density at radius 1 is 1.33 bits per heavy atom. The van der Waals surface area contributed by atoms with Crippen molar-refractivity contribution in [3.8, 4) is 0 Å². The maximum atomic E-state index is 6.08. The molecule has 2 aromatic rings. The van der Waals surface area contributed by atoms with Gasteiger partial charge in [0.2, 0.25) is 0 Å². The molecule has 4 nitrogen and oxygen atoms in total. The van der Waals surface area contributed by atoms with Gasteiger partial charge in [-0.15, -0.1) is 0 Å². The van der Waals surface area contributed by atoms with Gasteiger partial charge >= 0.3 is 0 Å². The second-order valence-electron chi connectivity index (χ2n) is 4.59. The first kappa shape index (κ1) is 12.9. The van der Waals surface area contributed by atoms with E-state index in [0.29, 0.717) is 17.5 Å². The van der Waals surface area contributed by atoms with Crippen LogP contribution in [0.2, 0.25) is 5.02 Å². The van der Waals surface area contributed by atoms with Crippen molar-refractivity contribution in [3.63, 3.8) is 0 Å². The lowest BCUT2D eigenvalue weighted by atomic mass is 10.2. The van der Waals surface area contributed by atoms with Crippen LogP contribution in [0.5, 0.6) is 0 Å². The third-order valence-corrected chi connectivity index (χ3v) is 2.87. The smallest absolute Gasteiger partial charge is 0.146 e. The summed E-state index contributed by atoms with van der Waals surface area (Å²) >= 11 is 6.08. The van der Waals surface area contributed by atoms with E-state index in [1.807, 2.05) is 28.9 Å². The Bertz CT molecular complexity index is 507. The Balaban J connectivity index is 2.02. The van der Waals surface area contributed by atoms with Crippen LogP contribution in [0.4, 0.5) is 5.69 Å². The molecule has 18 heavy (non-hydrogen) atoms. The van der Waals surface area contributed by atoms with E-state index in [1.54, 1.807) is 6.33 Å². The van der Waals surface area contributed by atoms with E-state index in [9.17, 15) is 0 Å². The van der Waals surface area contributed by atoms with Crippen LogP contribution in [-0.2, 0) is 13.1 Å². The number of hydrogen-bond donors (Lipinski definition) is 1. The highest BCUT2D eigenvalue weighted by Gasteiger charge is 2.06. The molecule has 0 amide bonds. The van der Waals surface area contributed by atoms with Gasteiger partial charge in [-0.1, -0.05) is 37.6 Å². The van der Waals surface area contributed by atoms with Gasteiger partial charge in [0.15, 0.2) is 0 Å². The topological polar surface area (TPSA) is 42.7 Å². The molecule has 0 saturated heterocycles. The highest BCUT2D eigenvalue weighted by Crippen LogP contribution is 2.20. The highest BCUT2D eigenvalue weighted by atomic mass is 35.5. The van der Waals surface area contributed by atoms with Crippen molar-refractivity contribution in [1.82, 2.24) is 14.8 Å². The fourth-order valence-corrected chi connectivity index (χ4v) is 1.90. The summed E-state index contributed by atoms with van der Waals surface area (Å²) < 4.78 is 1.93. The zero-order chi connectivity index (χ0) is 13.0. The summed E-state index contributed by atoms with van der Waals surface area (Å²) in [7, 11) is 0. The third kappa shape index (κ3) is 3.23. The molecule has 0 aliphatic heterocycles. The Labute approximate surface area is 112 Å². The summed E-state index contributed by atoms with van der Waals surface area (Å²) in [6, 6.07) is 7.68. The van der Waals surface area contributed by atoms with E-state index in [-0.39, 0.29) is 0 Å². The monoisotopic (exact) mass is 264 g/mol. The summed E-state index contributed by atoms with van der Waals surface area (Å²) in [6.07, 6.45) is 1.59. The lowest BCUT2D eigenvalue weighted by Gasteiger charge is -2.10. The second-order valence-corrected chi connectivity index (χ2v) is 4.99. The summed E-state index contributed by atoms with van der Waals surface area (Å²) in [5.74, 6) is 1.47. The van der Waals surface area contributed by atoms with E-state index >= 15 is 0 Å². The van der Waals surface area contributed by atoms with Crippen molar-refractivity contribution < 1.29 is 0 Å². The molecule has 1 N–H and O–H groups in total. The van der Waals surface area contributed by atoms with Gasteiger partial charge in [-0.2, -0.15) is 5.10 Å². The van der Waals surface area contributed by atoms with Gasteiger partial charge in [-0.3, -0.25) is 0 Å². The standard InChI is InChI=1S/C13H17ClN4/c1-10(2)8-18-13(16-9-17-18)7-15-12-6-4-3-5-11(12)14/h3-6,9-10,15H,7-8H2,1-2H3. The molecule has 1 heterocycles. The van der Waals surface area contributed by atoms with Crippen LogP contribution in [0.1, 0.15) is 19.7 Å². The van der Waals surface area contributed by atoms with Crippen LogP contribution in [0.15, 0.2) is 30.6 Å². The minimum atomic E-state index is 0.547. The molecule has 0 atom stereocenters. The molecule has 0 spiro atoms. The number of nitrogens with zero attached hydrogens (tertiary/aromatic N) is 3. The van der Waals surface area contributed by atoms with Gasteiger partial charge in [0.25, 0.3) is 0 Å². The molecule has 0 saturated carbocycles. The van der Waals surface area contributed by atoms with E-state index in [2.05, 4.69) is 29.2 Å². The molecular weight excluding hydrogens is 248 g/mol. The Kier molecular flexibility index (Phi) is 4.20. The number of rotatable bonds is 5. The van der Waals surface area contributed by atoms with Crippen molar-refractivity contribution in [2.45, 2.75) is 26.9 Å². The number of anilines is 1. The van der Waals surface area contributed by atoms with Crippen molar-refractivity contribution in [2.24, 2.45) is 5.92 Å². The zero-order valence-electron chi connectivity index (χ0n) is 10.6. The van der Waals surface area contributed by atoms with Crippen molar-refractivity contribution >= 4 is 17.3 Å². The fraction of sp³-hybridized carbons (Fsp3) is 0.385. The largest absolute Gasteiger partial charge is 0.377 e. The SMILES string of the molecule is CC(C)Cn1ncnc1CNc1ccccc1Cl. The normalized spacial score (nSPS) is 10.9. The van der Waals surface area contributed by atoms with E-state index in [1.165, 1.54) is 0 Å². The molecule has 96 valence electrons. The summed E-state index contributed by atoms with van der Waals surface area (Å²) in [5, 5.41) is 8.21. The number of halogens is 1. The zero-order valence-corrected chi connectivity index (χ0v) is 11.4. The second kappa shape index (κ2) is 5.87. The van der Waals surface area contributed by atoms with Gasteiger partial charge in [0.05, 0.1) is 17.3 Å². The average molecular weight is 265 g/mol.